The van der Waals surface area contributed by atoms with Crippen LogP contribution in [-0.4, -0.2) is 34.5 Å². The minimum Gasteiger partial charge on any atom is -0.314 e. The second-order valence-corrected chi connectivity index (χ2v) is 4.80. The van der Waals surface area contributed by atoms with Crippen LogP contribution in [-0.2, 0) is 6.54 Å². The Kier molecular flexibility index (Phi) is 3.81. The van der Waals surface area contributed by atoms with Gasteiger partial charge in [0.1, 0.15) is 0 Å². The predicted octanol–water partition coefficient (Wildman–Crippen LogP) is 1.62. The molecule has 0 aromatic carbocycles. The minimum absolute atomic E-state index is 0.379. The Hall–Kier alpha value is -1.78. The molecule has 0 aliphatic carbocycles. The quantitative estimate of drug-likeness (QED) is 0.903. The fourth-order valence-corrected chi connectivity index (χ4v) is 2.54. The van der Waals surface area contributed by atoms with E-state index in [4.69, 9.17) is 0 Å². The second-order valence-electron chi connectivity index (χ2n) is 4.80. The molecular weight excluding hydrogens is 236 g/mol. The van der Waals surface area contributed by atoms with Gasteiger partial charge in [-0.2, -0.15) is 0 Å². The Balaban J connectivity index is 1.78. The maximum Gasteiger partial charge on any atom is 0.0544 e. The molecule has 1 saturated heterocycles. The lowest BCUT2D eigenvalue weighted by atomic mass is 10.1. The number of aromatic nitrogens is 2. The Bertz CT molecular complexity index is 500. The maximum absolute atomic E-state index is 4.42. The molecular formula is C15H18N4. The molecule has 1 aliphatic heterocycles. The minimum atomic E-state index is 0.379. The number of rotatable bonds is 3. The fraction of sp³-hybridized carbons (Fsp3) is 0.333. The summed E-state index contributed by atoms with van der Waals surface area (Å²) in [5.74, 6) is 0. The standard InChI is InChI=1S/C15H18N4/c1-2-7-18-14(5-1)12-19-9-8-17-11-15(19)13-4-3-6-16-10-13/h1-7,10,15,17H,8-9,11-12H2. The van der Waals surface area contributed by atoms with Crippen LogP contribution in [0, 0.1) is 0 Å². The van der Waals surface area contributed by atoms with Crippen LogP contribution in [0.2, 0.25) is 0 Å². The fourth-order valence-electron chi connectivity index (χ4n) is 2.54. The van der Waals surface area contributed by atoms with Crippen LogP contribution in [0.5, 0.6) is 0 Å². The van der Waals surface area contributed by atoms with Gasteiger partial charge in [0.2, 0.25) is 0 Å². The topological polar surface area (TPSA) is 41.0 Å². The average molecular weight is 254 g/mol. The first-order chi connectivity index (χ1) is 9.43. The van der Waals surface area contributed by atoms with Crippen molar-refractivity contribution in [2.24, 2.45) is 0 Å². The summed E-state index contributed by atoms with van der Waals surface area (Å²) in [7, 11) is 0. The lowest BCUT2D eigenvalue weighted by Gasteiger charge is -2.36. The van der Waals surface area contributed by atoms with E-state index < -0.39 is 0 Å². The van der Waals surface area contributed by atoms with Crippen molar-refractivity contribution in [3.63, 3.8) is 0 Å². The van der Waals surface area contributed by atoms with E-state index in [0.717, 1.165) is 31.9 Å². The van der Waals surface area contributed by atoms with Crippen molar-refractivity contribution >= 4 is 0 Å². The summed E-state index contributed by atoms with van der Waals surface area (Å²) >= 11 is 0. The van der Waals surface area contributed by atoms with Gasteiger partial charge in [-0.3, -0.25) is 14.9 Å². The third-order valence-corrected chi connectivity index (χ3v) is 3.51. The lowest BCUT2D eigenvalue weighted by Crippen LogP contribution is -2.45. The second kappa shape index (κ2) is 5.91. The highest BCUT2D eigenvalue weighted by Gasteiger charge is 2.23. The summed E-state index contributed by atoms with van der Waals surface area (Å²) in [6.45, 7) is 3.93. The average Bonchev–Trinajstić information content (AvgIpc) is 2.50. The summed E-state index contributed by atoms with van der Waals surface area (Å²) in [5, 5.41) is 3.46. The highest BCUT2D eigenvalue weighted by atomic mass is 15.2. The van der Waals surface area contributed by atoms with Crippen LogP contribution in [0.25, 0.3) is 0 Å². The molecule has 1 fully saturated rings. The van der Waals surface area contributed by atoms with Crippen molar-refractivity contribution < 1.29 is 0 Å². The van der Waals surface area contributed by atoms with Gasteiger partial charge in [0.05, 0.1) is 5.69 Å². The van der Waals surface area contributed by atoms with E-state index in [-0.39, 0.29) is 0 Å². The summed E-state index contributed by atoms with van der Waals surface area (Å²) in [5.41, 5.74) is 2.39. The highest BCUT2D eigenvalue weighted by molar-refractivity contribution is 5.16. The van der Waals surface area contributed by atoms with Crippen LogP contribution in [0.1, 0.15) is 17.3 Å². The molecule has 4 nitrogen and oxygen atoms in total. The number of nitrogens with one attached hydrogen (secondary N) is 1. The first kappa shape index (κ1) is 12.3. The van der Waals surface area contributed by atoms with Crippen LogP contribution in [0.4, 0.5) is 0 Å². The maximum atomic E-state index is 4.42. The number of nitrogens with zero attached hydrogens (tertiary/aromatic N) is 3. The molecule has 2 aromatic heterocycles. The zero-order chi connectivity index (χ0) is 12.9. The van der Waals surface area contributed by atoms with Crippen molar-refractivity contribution in [2.45, 2.75) is 12.6 Å². The largest absolute Gasteiger partial charge is 0.314 e. The van der Waals surface area contributed by atoms with Crippen LogP contribution in [0.3, 0.4) is 0 Å². The van der Waals surface area contributed by atoms with Gasteiger partial charge in [-0.25, -0.2) is 0 Å². The van der Waals surface area contributed by atoms with Gasteiger partial charge in [0.25, 0.3) is 0 Å². The molecule has 2 aromatic rings. The van der Waals surface area contributed by atoms with Crippen LogP contribution in [0.15, 0.2) is 48.9 Å². The van der Waals surface area contributed by atoms with Gasteiger partial charge >= 0.3 is 0 Å². The molecule has 3 heterocycles. The van der Waals surface area contributed by atoms with Gasteiger partial charge in [-0.1, -0.05) is 12.1 Å². The number of pyridine rings is 2. The van der Waals surface area contributed by atoms with Gasteiger partial charge in [0.15, 0.2) is 0 Å². The molecule has 0 bridgehead atoms. The van der Waals surface area contributed by atoms with E-state index >= 15 is 0 Å². The first-order valence-corrected chi connectivity index (χ1v) is 6.68. The molecule has 19 heavy (non-hydrogen) atoms. The van der Waals surface area contributed by atoms with Gasteiger partial charge in [-0.15, -0.1) is 0 Å². The summed E-state index contributed by atoms with van der Waals surface area (Å²) < 4.78 is 0. The molecule has 1 aliphatic rings. The van der Waals surface area contributed by atoms with Crippen molar-refractivity contribution in [3.05, 3.63) is 60.2 Å². The van der Waals surface area contributed by atoms with Crippen molar-refractivity contribution in [1.29, 1.82) is 0 Å². The van der Waals surface area contributed by atoms with E-state index in [9.17, 15) is 0 Å². The smallest absolute Gasteiger partial charge is 0.0544 e. The highest BCUT2D eigenvalue weighted by Crippen LogP contribution is 2.22. The molecule has 4 heteroatoms. The van der Waals surface area contributed by atoms with Crippen molar-refractivity contribution in [3.8, 4) is 0 Å². The first-order valence-electron chi connectivity index (χ1n) is 6.68. The molecule has 1 atom stereocenters. The Morgan fingerprint density at radius 2 is 2.21 bits per heavy atom. The molecule has 0 radical (unpaired) electrons. The van der Waals surface area contributed by atoms with Crippen molar-refractivity contribution in [1.82, 2.24) is 20.2 Å². The lowest BCUT2D eigenvalue weighted by molar-refractivity contribution is 0.151. The monoisotopic (exact) mass is 254 g/mol. The molecule has 1 unspecified atom stereocenters. The molecule has 0 spiro atoms. The Morgan fingerprint density at radius 1 is 1.21 bits per heavy atom. The van der Waals surface area contributed by atoms with Crippen LogP contribution >= 0.6 is 0 Å². The third kappa shape index (κ3) is 2.97. The summed E-state index contributed by atoms with van der Waals surface area (Å²) in [6, 6.07) is 10.6. The van der Waals surface area contributed by atoms with E-state index in [2.05, 4.69) is 32.3 Å². The summed E-state index contributed by atoms with van der Waals surface area (Å²) in [6.07, 6.45) is 5.64. The third-order valence-electron chi connectivity index (χ3n) is 3.51. The Morgan fingerprint density at radius 3 is 3.00 bits per heavy atom. The molecule has 3 rings (SSSR count). The number of hydrogen-bond donors (Lipinski definition) is 1. The molecule has 98 valence electrons. The van der Waals surface area contributed by atoms with E-state index in [1.807, 2.05) is 36.8 Å². The number of hydrogen-bond acceptors (Lipinski definition) is 4. The SMILES string of the molecule is c1ccc(CN2CCNCC2c2cccnc2)nc1. The predicted molar refractivity (Wildman–Crippen MR) is 74.5 cm³/mol. The molecule has 1 N–H and O–H groups in total. The normalized spacial score (nSPS) is 20.3. The van der Waals surface area contributed by atoms with E-state index in [0.29, 0.717) is 6.04 Å². The van der Waals surface area contributed by atoms with Crippen molar-refractivity contribution in [2.75, 3.05) is 19.6 Å². The number of piperazine rings is 1. The summed E-state index contributed by atoms with van der Waals surface area (Å²) in [4.78, 5) is 11.1. The van der Waals surface area contributed by atoms with Gasteiger partial charge in [0, 0.05) is 50.8 Å². The van der Waals surface area contributed by atoms with Gasteiger partial charge < -0.3 is 5.32 Å². The zero-order valence-electron chi connectivity index (χ0n) is 10.9. The molecule has 0 saturated carbocycles. The Labute approximate surface area is 113 Å². The zero-order valence-corrected chi connectivity index (χ0v) is 10.9. The molecule has 0 amide bonds. The van der Waals surface area contributed by atoms with E-state index in [1.165, 1.54) is 5.56 Å². The van der Waals surface area contributed by atoms with E-state index in [1.54, 1.807) is 0 Å². The van der Waals surface area contributed by atoms with Crippen LogP contribution < -0.4 is 5.32 Å². The van der Waals surface area contributed by atoms with Gasteiger partial charge in [-0.05, 0) is 23.8 Å².